The van der Waals surface area contributed by atoms with Crippen LogP contribution in [-0.4, -0.2) is 41.1 Å². The summed E-state index contributed by atoms with van der Waals surface area (Å²) in [7, 11) is 0. The number of rotatable bonds is 7. The largest absolute Gasteiger partial charge is 0.480 e. The van der Waals surface area contributed by atoms with Crippen molar-refractivity contribution in [2.24, 2.45) is 11.7 Å². The molecule has 0 spiro atoms. The molecule has 0 aromatic heterocycles. The van der Waals surface area contributed by atoms with Gasteiger partial charge in [0.15, 0.2) is 0 Å². The molecule has 1 amide bonds. The molecule has 1 unspecified atom stereocenters. The van der Waals surface area contributed by atoms with E-state index in [0.29, 0.717) is 12.5 Å². The van der Waals surface area contributed by atoms with Crippen LogP contribution in [0.5, 0.6) is 0 Å². The fourth-order valence-electron chi connectivity index (χ4n) is 0.719. The second-order valence-corrected chi connectivity index (χ2v) is 4.69. The van der Waals surface area contributed by atoms with Crippen molar-refractivity contribution in [2.45, 2.75) is 19.9 Å². The molecule has 4 N–H and O–H groups in total. The molecule has 5 nitrogen and oxygen atoms in total. The molecule has 15 heavy (non-hydrogen) atoms. The summed E-state index contributed by atoms with van der Waals surface area (Å²) in [5, 5.41) is 11.2. The van der Waals surface area contributed by atoms with E-state index in [0.717, 1.165) is 0 Å². The molecule has 0 aromatic rings. The van der Waals surface area contributed by atoms with Gasteiger partial charge in [0.25, 0.3) is 0 Å². The minimum Gasteiger partial charge on any atom is -0.480 e. The second-order valence-electron chi connectivity index (χ2n) is 3.66. The number of carbonyl (C=O) groups excluding carboxylic acids is 1. The maximum absolute atomic E-state index is 11.2. The Morgan fingerprint density at radius 1 is 1.47 bits per heavy atom. The van der Waals surface area contributed by atoms with Crippen molar-refractivity contribution in [3.05, 3.63) is 0 Å². The Morgan fingerprint density at radius 2 is 2.07 bits per heavy atom. The van der Waals surface area contributed by atoms with Crippen LogP contribution in [0.15, 0.2) is 0 Å². The van der Waals surface area contributed by atoms with E-state index in [9.17, 15) is 9.59 Å². The van der Waals surface area contributed by atoms with Crippen molar-refractivity contribution >= 4 is 23.6 Å². The zero-order valence-electron chi connectivity index (χ0n) is 9.03. The van der Waals surface area contributed by atoms with E-state index < -0.39 is 12.0 Å². The summed E-state index contributed by atoms with van der Waals surface area (Å²) in [4.78, 5) is 21.5. The van der Waals surface area contributed by atoms with E-state index in [1.165, 1.54) is 11.8 Å². The highest BCUT2D eigenvalue weighted by atomic mass is 32.2. The highest BCUT2D eigenvalue weighted by Crippen LogP contribution is 2.01. The highest BCUT2D eigenvalue weighted by molar-refractivity contribution is 8.00. The Labute approximate surface area is 93.8 Å². The summed E-state index contributed by atoms with van der Waals surface area (Å²) in [6.07, 6.45) is 0. The number of carboxylic acid groups (broad SMARTS) is 1. The molecule has 1 atom stereocenters. The molecule has 88 valence electrons. The first-order chi connectivity index (χ1) is 6.93. The van der Waals surface area contributed by atoms with E-state index in [1.807, 2.05) is 13.8 Å². The molecule has 6 heteroatoms. The van der Waals surface area contributed by atoms with Gasteiger partial charge >= 0.3 is 5.97 Å². The average Bonchev–Trinajstić information content (AvgIpc) is 2.14. The lowest BCUT2D eigenvalue weighted by molar-refractivity contribution is -0.137. The molecule has 0 bridgehead atoms. The Kier molecular flexibility index (Phi) is 7.15. The first-order valence-corrected chi connectivity index (χ1v) is 5.91. The van der Waals surface area contributed by atoms with Crippen LogP contribution in [0.25, 0.3) is 0 Å². The van der Waals surface area contributed by atoms with Gasteiger partial charge in [-0.1, -0.05) is 13.8 Å². The molecule has 0 aromatic carbocycles. The van der Waals surface area contributed by atoms with E-state index in [2.05, 4.69) is 5.32 Å². The Balaban J connectivity index is 3.51. The second kappa shape index (κ2) is 7.53. The van der Waals surface area contributed by atoms with Crippen molar-refractivity contribution in [1.82, 2.24) is 5.32 Å². The molecule has 0 saturated heterocycles. The predicted molar refractivity (Wildman–Crippen MR) is 60.8 cm³/mol. The molecule has 0 aliphatic rings. The average molecular weight is 234 g/mol. The SMILES string of the molecule is CC(C)CNC(=O)CSCC(N)C(=O)O. The molecule has 0 rings (SSSR count). The van der Waals surface area contributed by atoms with Crippen LogP contribution in [0.2, 0.25) is 0 Å². The number of hydrogen-bond acceptors (Lipinski definition) is 4. The van der Waals surface area contributed by atoms with Crippen molar-refractivity contribution in [3.8, 4) is 0 Å². The predicted octanol–water partition coefficient (Wildman–Crippen LogP) is -0.0963. The zero-order valence-corrected chi connectivity index (χ0v) is 9.84. The third-order valence-electron chi connectivity index (χ3n) is 1.56. The quantitative estimate of drug-likeness (QED) is 0.572. The van der Waals surface area contributed by atoms with Crippen LogP contribution in [0, 0.1) is 5.92 Å². The summed E-state index contributed by atoms with van der Waals surface area (Å²) in [6, 6.07) is -0.895. The lowest BCUT2D eigenvalue weighted by Crippen LogP contribution is -2.34. The van der Waals surface area contributed by atoms with Crippen molar-refractivity contribution in [3.63, 3.8) is 0 Å². The van der Waals surface area contributed by atoms with Crippen LogP contribution in [0.3, 0.4) is 0 Å². The van der Waals surface area contributed by atoms with Crippen molar-refractivity contribution in [1.29, 1.82) is 0 Å². The van der Waals surface area contributed by atoms with Gasteiger partial charge in [0, 0.05) is 12.3 Å². The lowest BCUT2D eigenvalue weighted by Gasteiger charge is -2.08. The molecule has 0 fully saturated rings. The number of thioether (sulfide) groups is 1. The van der Waals surface area contributed by atoms with Crippen molar-refractivity contribution in [2.75, 3.05) is 18.1 Å². The highest BCUT2D eigenvalue weighted by Gasteiger charge is 2.12. The summed E-state index contributed by atoms with van der Waals surface area (Å²) in [5.74, 6) is -0.186. The van der Waals surface area contributed by atoms with Gasteiger partial charge in [0.05, 0.1) is 5.75 Å². The van der Waals surface area contributed by atoms with E-state index in [4.69, 9.17) is 10.8 Å². The van der Waals surface area contributed by atoms with Gasteiger partial charge < -0.3 is 16.2 Å². The normalized spacial score (nSPS) is 12.5. The van der Waals surface area contributed by atoms with E-state index in [-0.39, 0.29) is 17.4 Å². The standard InChI is InChI=1S/C9H18N2O3S/c1-6(2)3-11-8(12)5-15-4-7(10)9(13)14/h6-7H,3-5,10H2,1-2H3,(H,11,12)(H,13,14). The summed E-state index contributed by atoms with van der Waals surface area (Å²) < 4.78 is 0. The number of hydrogen-bond donors (Lipinski definition) is 3. The van der Waals surface area contributed by atoms with Crippen LogP contribution in [0.4, 0.5) is 0 Å². The summed E-state index contributed by atoms with van der Waals surface area (Å²) in [5.41, 5.74) is 5.27. The number of carboxylic acids is 1. The maximum atomic E-state index is 11.2. The Bertz CT molecular complexity index is 221. The van der Waals surface area contributed by atoms with Gasteiger partial charge in [-0.05, 0) is 5.92 Å². The Hall–Kier alpha value is -0.750. The molecule has 0 saturated carbocycles. The minimum absolute atomic E-state index is 0.0775. The summed E-state index contributed by atoms with van der Waals surface area (Å²) in [6.45, 7) is 4.66. The number of nitrogens with two attached hydrogens (primary N) is 1. The maximum Gasteiger partial charge on any atom is 0.321 e. The molecular formula is C9H18N2O3S. The van der Waals surface area contributed by atoms with Gasteiger partial charge in [-0.15, -0.1) is 11.8 Å². The van der Waals surface area contributed by atoms with Gasteiger partial charge in [-0.3, -0.25) is 9.59 Å². The lowest BCUT2D eigenvalue weighted by atomic mass is 10.2. The third kappa shape index (κ3) is 8.26. The smallest absolute Gasteiger partial charge is 0.321 e. The molecule has 0 aliphatic heterocycles. The van der Waals surface area contributed by atoms with Crippen LogP contribution in [0.1, 0.15) is 13.8 Å². The number of amides is 1. The first kappa shape index (κ1) is 14.2. The van der Waals surface area contributed by atoms with Crippen LogP contribution >= 0.6 is 11.8 Å². The topological polar surface area (TPSA) is 92.4 Å². The fraction of sp³-hybridized carbons (Fsp3) is 0.778. The first-order valence-electron chi connectivity index (χ1n) is 4.76. The van der Waals surface area contributed by atoms with Gasteiger partial charge in [-0.2, -0.15) is 0 Å². The van der Waals surface area contributed by atoms with Crippen molar-refractivity contribution < 1.29 is 14.7 Å². The molecule has 0 heterocycles. The minimum atomic E-state index is -1.04. The number of carbonyl (C=O) groups is 2. The van der Waals surface area contributed by atoms with E-state index >= 15 is 0 Å². The van der Waals surface area contributed by atoms with Crippen LogP contribution in [-0.2, 0) is 9.59 Å². The van der Waals surface area contributed by atoms with Gasteiger partial charge in [0.2, 0.25) is 5.91 Å². The van der Waals surface area contributed by atoms with Gasteiger partial charge in [0.1, 0.15) is 6.04 Å². The molecular weight excluding hydrogens is 216 g/mol. The fourth-order valence-corrected chi connectivity index (χ4v) is 1.52. The monoisotopic (exact) mass is 234 g/mol. The van der Waals surface area contributed by atoms with Gasteiger partial charge in [-0.25, -0.2) is 0 Å². The molecule has 0 radical (unpaired) electrons. The molecule has 0 aliphatic carbocycles. The summed E-state index contributed by atoms with van der Waals surface area (Å²) >= 11 is 1.23. The van der Waals surface area contributed by atoms with Crippen LogP contribution < -0.4 is 11.1 Å². The Morgan fingerprint density at radius 3 is 2.53 bits per heavy atom. The number of aliphatic carboxylic acids is 1. The zero-order chi connectivity index (χ0) is 11.8. The number of nitrogens with one attached hydrogen (secondary N) is 1. The third-order valence-corrected chi connectivity index (χ3v) is 2.62. The van der Waals surface area contributed by atoms with E-state index in [1.54, 1.807) is 0 Å².